The molecule has 9 heteroatoms. The van der Waals surface area contributed by atoms with Crippen molar-refractivity contribution in [2.45, 2.75) is 24.9 Å². The first-order chi connectivity index (χ1) is 14.7. The van der Waals surface area contributed by atoms with Crippen LogP contribution in [0.1, 0.15) is 28.8 Å². The fraction of sp³-hybridized carbons (Fsp3) is 0.286. The van der Waals surface area contributed by atoms with Gasteiger partial charge in [-0.05, 0) is 37.1 Å². The fourth-order valence-corrected chi connectivity index (χ4v) is 4.68. The molecule has 30 heavy (non-hydrogen) atoms. The molecule has 0 aliphatic carbocycles. The Morgan fingerprint density at radius 2 is 1.83 bits per heavy atom. The van der Waals surface area contributed by atoms with Gasteiger partial charge in [-0.1, -0.05) is 11.6 Å². The van der Waals surface area contributed by atoms with Gasteiger partial charge in [-0.15, -0.1) is 0 Å². The Morgan fingerprint density at radius 1 is 1.07 bits per heavy atom. The minimum atomic E-state index is -0.0602. The molecular formula is C21H18ClN7O. The van der Waals surface area contributed by atoms with Crippen molar-refractivity contribution < 1.29 is 4.79 Å². The number of hydrogen-bond donors (Lipinski definition) is 0. The predicted molar refractivity (Wildman–Crippen MR) is 111 cm³/mol. The lowest BCUT2D eigenvalue weighted by atomic mass is 10.1. The number of aromatic nitrogens is 4. The maximum atomic E-state index is 13.4. The van der Waals surface area contributed by atoms with Crippen molar-refractivity contribution >= 4 is 23.3 Å². The van der Waals surface area contributed by atoms with Crippen LogP contribution < -0.4 is 4.90 Å². The predicted octanol–water partition coefficient (Wildman–Crippen LogP) is 2.68. The highest BCUT2D eigenvalue weighted by Crippen LogP contribution is 2.38. The Hall–Kier alpha value is -3.44. The number of carbonyl (C=O) groups excluding carboxylic acids is 1. The third kappa shape index (κ3) is 2.99. The largest absolute Gasteiger partial charge is 0.346 e. The second kappa shape index (κ2) is 7.43. The first kappa shape index (κ1) is 18.6. The van der Waals surface area contributed by atoms with Crippen molar-refractivity contribution in [2.24, 2.45) is 0 Å². The lowest BCUT2D eigenvalue weighted by Crippen LogP contribution is -2.56. The fourth-order valence-electron chi connectivity index (χ4n) is 4.42. The summed E-state index contributed by atoms with van der Waals surface area (Å²) in [6.45, 7) is 1.13. The number of rotatable bonds is 3. The zero-order valence-electron chi connectivity index (χ0n) is 16.0. The quantitative estimate of drug-likeness (QED) is 0.648. The average Bonchev–Trinajstić information content (AvgIpc) is 3.39. The highest BCUT2D eigenvalue weighted by atomic mass is 35.5. The van der Waals surface area contributed by atoms with Gasteiger partial charge in [0, 0.05) is 50.0 Å². The number of fused-ring (bicyclic) bond motifs is 2. The van der Waals surface area contributed by atoms with Crippen LogP contribution in [0.4, 0.5) is 5.82 Å². The summed E-state index contributed by atoms with van der Waals surface area (Å²) < 4.78 is 1.61. The summed E-state index contributed by atoms with van der Waals surface area (Å²) >= 11 is 6.45. The second-order valence-electron chi connectivity index (χ2n) is 7.44. The van der Waals surface area contributed by atoms with E-state index in [4.69, 9.17) is 11.6 Å². The van der Waals surface area contributed by atoms with Crippen molar-refractivity contribution in [3.8, 4) is 11.9 Å². The summed E-state index contributed by atoms with van der Waals surface area (Å²) in [6.07, 6.45) is 8.60. The van der Waals surface area contributed by atoms with Crippen molar-refractivity contribution in [3.63, 3.8) is 0 Å². The summed E-state index contributed by atoms with van der Waals surface area (Å²) in [5.41, 5.74) is 0.940. The molecule has 2 aliphatic heterocycles. The first-order valence-corrected chi connectivity index (χ1v) is 10.1. The summed E-state index contributed by atoms with van der Waals surface area (Å²) in [5, 5.41) is 13.9. The Balaban J connectivity index is 1.43. The molecule has 1 amide bonds. The standard InChI is InChI=1S/C21H18ClN7O/c22-18-14(11-23)6-9-25-20(18)29-15-4-5-16(29)13-27(12-15)21(30)17-3-1-7-24-19(17)28-10-2-8-26-28/h1-3,6-10,15-16H,4-5,12-13H2. The van der Waals surface area contributed by atoms with Crippen LogP contribution in [0.3, 0.4) is 0 Å². The molecule has 5 heterocycles. The number of halogens is 1. The summed E-state index contributed by atoms with van der Waals surface area (Å²) in [4.78, 5) is 26.3. The lowest BCUT2D eigenvalue weighted by molar-refractivity contribution is 0.0717. The van der Waals surface area contributed by atoms with Crippen molar-refractivity contribution in [3.05, 3.63) is 65.2 Å². The molecule has 0 aromatic carbocycles. The number of anilines is 1. The number of piperazine rings is 1. The molecule has 3 aromatic rings. The van der Waals surface area contributed by atoms with E-state index in [2.05, 4.69) is 26.0 Å². The minimum Gasteiger partial charge on any atom is -0.346 e. The number of pyridine rings is 2. The second-order valence-corrected chi connectivity index (χ2v) is 7.81. The molecule has 2 saturated heterocycles. The zero-order valence-corrected chi connectivity index (χ0v) is 16.8. The molecule has 0 spiro atoms. The minimum absolute atomic E-state index is 0.0602. The molecule has 2 bridgehead atoms. The SMILES string of the molecule is N#Cc1ccnc(N2C3CCC2CN(C(=O)c2cccnc2-n2cccn2)C3)c1Cl. The van der Waals surface area contributed by atoms with Crippen molar-refractivity contribution in [1.29, 1.82) is 5.26 Å². The monoisotopic (exact) mass is 419 g/mol. The van der Waals surface area contributed by atoms with Crippen LogP contribution >= 0.6 is 11.6 Å². The Bertz CT molecular complexity index is 1130. The van der Waals surface area contributed by atoms with Crippen molar-refractivity contribution in [1.82, 2.24) is 24.6 Å². The highest BCUT2D eigenvalue weighted by Gasteiger charge is 2.43. The van der Waals surface area contributed by atoms with Gasteiger partial charge in [0.05, 0.1) is 11.1 Å². The first-order valence-electron chi connectivity index (χ1n) is 9.74. The van der Waals surface area contributed by atoms with E-state index in [0.29, 0.717) is 40.9 Å². The molecule has 2 fully saturated rings. The van der Waals surface area contributed by atoms with E-state index in [1.165, 1.54) is 0 Å². The van der Waals surface area contributed by atoms with E-state index in [-0.39, 0.29) is 18.0 Å². The maximum absolute atomic E-state index is 13.4. The van der Waals surface area contributed by atoms with Gasteiger partial charge in [-0.3, -0.25) is 4.79 Å². The van der Waals surface area contributed by atoms with Crippen LogP contribution in [-0.4, -0.2) is 55.7 Å². The van der Waals surface area contributed by atoms with Crippen LogP contribution in [0, 0.1) is 11.3 Å². The number of nitriles is 1. The van der Waals surface area contributed by atoms with E-state index >= 15 is 0 Å². The van der Waals surface area contributed by atoms with Crippen molar-refractivity contribution in [2.75, 3.05) is 18.0 Å². The van der Waals surface area contributed by atoms with E-state index in [0.717, 1.165) is 12.8 Å². The van der Waals surface area contributed by atoms with Gasteiger partial charge in [-0.25, -0.2) is 14.6 Å². The molecule has 150 valence electrons. The zero-order chi connectivity index (χ0) is 20.7. The number of hydrogen-bond acceptors (Lipinski definition) is 6. The van der Waals surface area contributed by atoms with Gasteiger partial charge in [0.15, 0.2) is 5.82 Å². The molecule has 5 rings (SSSR count). The topological polar surface area (TPSA) is 90.9 Å². The summed E-state index contributed by atoms with van der Waals surface area (Å²) in [7, 11) is 0. The average molecular weight is 420 g/mol. The van der Waals surface area contributed by atoms with Crippen LogP contribution in [0.25, 0.3) is 5.82 Å². The third-order valence-corrected chi connectivity index (χ3v) is 6.12. The normalized spacial score (nSPS) is 20.3. The molecule has 8 nitrogen and oxygen atoms in total. The summed E-state index contributed by atoms with van der Waals surface area (Å²) in [6, 6.07) is 9.30. The molecule has 0 saturated carbocycles. The lowest BCUT2D eigenvalue weighted by Gasteiger charge is -2.42. The smallest absolute Gasteiger partial charge is 0.257 e. The van der Waals surface area contributed by atoms with E-state index in [1.54, 1.807) is 53.7 Å². The van der Waals surface area contributed by atoms with Gasteiger partial charge >= 0.3 is 0 Å². The van der Waals surface area contributed by atoms with Gasteiger partial charge in [0.2, 0.25) is 0 Å². The van der Waals surface area contributed by atoms with Gasteiger partial charge in [0.1, 0.15) is 16.9 Å². The highest BCUT2D eigenvalue weighted by molar-refractivity contribution is 6.34. The molecule has 2 aliphatic rings. The van der Waals surface area contributed by atoms with Gasteiger partial charge in [-0.2, -0.15) is 10.4 Å². The third-order valence-electron chi connectivity index (χ3n) is 5.74. The number of carbonyl (C=O) groups is 1. The van der Waals surface area contributed by atoms with Gasteiger partial charge in [0.25, 0.3) is 5.91 Å². The van der Waals surface area contributed by atoms with Crippen LogP contribution in [0.5, 0.6) is 0 Å². The van der Waals surface area contributed by atoms with Crippen LogP contribution in [0.2, 0.25) is 5.02 Å². The Labute approximate surface area is 178 Å². The van der Waals surface area contributed by atoms with E-state index in [9.17, 15) is 10.1 Å². The number of nitrogens with zero attached hydrogens (tertiary/aromatic N) is 7. The van der Waals surface area contributed by atoms with E-state index < -0.39 is 0 Å². The molecule has 0 radical (unpaired) electrons. The summed E-state index contributed by atoms with van der Waals surface area (Å²) in [5.74, 6) is 1.10. The van der Waals surface area contributed by atoms with Gasteiger partial charge < -0.3 is 9.80 Å². The molecule has 2 atom stereocenters. The van der Waals surface area contributed by atoms with E-state index in [1.807, 2.05) is 4.90 Å². The number of amides is 1. The maximum Gasteiger partial charge on any atom is 0.257 e. The molecule has 2 unspecified atom stereocenters. The molecule has 3 aromatic heterocycles. The van der Waals surface area contributed by atoms with Crippen LogP contribution in [-0.2, 0) is 0 Å². The van der Waals surface area contributed by atoms with Crippen LogP contribution in [0.15, 0.2) is 49.1 Å². The Kier molecular flexibility index (Phi) is 4.60. The Morgan fingerprint density at radius 3 is 2.53 bits per heavy atom. The molecular weight excluding hydrogens is 402 g/mol. The number of likely N-dealkylation sites (tertiary alicyclic amines) is 1. The molecule has 0 N–H and O–H groups in total.